The van der Waals surface area contributed by atoms with E-state index in [2.05, 4.69) is 19.2 Å². The third-order valence-corrected chi connectivity index (χ3v) is 2.67. The topological polar surface area (TPSA) is 55.4 Å². The van der Waals surface area contributed by atoms with E-state index in [0.29, 0.717) is 5.92 Å². The Labute approximate surface area is 110 Å². The van der Waals surface area contributed by atoms with Crippen LogP contribution in [-0.2, 0) is 9.53 Å². The molecule has 2 atom stereocenters. The van der Waals surface area contributed by atoms with Crippen LogP contribution in [0.25, 0.3) is 0 Å². The van der Waals surface area contributed by atoms with Gasteiger partial charge in [0, 0.05) is 12.0 Å². The number of nitrogens with one attached hydrogen (secondary N) is 1. The summed E-state index contributed by atoms with van der Waals surface area (Å²) in [7, 11) is 0. The van der Waals surface area contributed by atoms with E-state index in [1.165, 1.54) is 0 Å². The Morgan fingerprint density at radius 1 is 1.17 bits per heavy atom. The number of carbonyl (C=O) groups is 2. The molecule has 106 valence electrons. The van der Waals surface area contributed by atoms with Crippen LogP contribution in [0, 0.1) is 11.8 Å². The van der Waals surface area contributed by atoms with Crippen LogP contribution in [0.4, 0.5) is 4.79 Å². The molecule has 0 heterocycles. The Balaban J connectivity index is 4.59. The summed E-state index contributed by atoms with van der Waals surface area (Å²) in [5.41, 5.74) is -0.522. The molecule has 1 N–H and O–H groups in total. The van der Waals surface area contributed by atoms with Crippen LogP contribution in [0.1, 0.15) is 54.9 Å². The summed E-state index contributed by atoms with van der Waals surface area (Å²) in [5.74, 6) is 0.295. The van der Waals surface area contributed by atoms with Gasteiger partial charge in [0.2, 0.25) is 0 Å². The van der Waals surface area contributed by atoms with Crippen LogP contribution in [0.2, 0.25) is 0 Å². The van der Waals surface area contributed by atoms with Crippen molar-refractivity contribution >= 4 is 11.9 Å². The molecule has 4 heteroatoms. The van der Waals surface area contributed by atoms with Gasteiger partial charge in [0.15, 0.2) is 0 Å². The van der Waals surface area contributed by atoms with E-state index in [0.717, 1.165) is 6.42 Å². The van der Waals surface area contributed by atoms with E-state index in [4.69, 9.17) is 4.74 Å². The normalized spacial score (nSPS) is 15.1. The predicted octanol–water partition coefficient (Wildman–Crippen LogP) is 3.15. The number of ether oxygens (including phenoxy) is 1. The van der Waals surface area contributed by atoms with Crippen molar-refractivity contribution in [2.45, 2.75) is 66.5 Å². The molecular formula is C14H27NO3. The molecule has 1 amide bonds. The minimum absolute atomic E-state index is 0.0803. The summed E-state index contributed by atoms with van der Waals surface area (Å²) < 4.78 is 5.22. The van der Waals surface area contributed by atoms with Gasteiger partial charge in [-0.3, -0.25) is 4.79 Å². The highest BCUT2D eigenvalue weighted by Gasteiger charge is 2.26. The van der Waals surface area contributed by atoms with Crippen LogP contribution in [0.5, 0.6) is 0 Å². The number of hydrogen-bond donors (Lipinski definition) is 1. The van der Waals surface area contributed by atoms with Gasteiger partial charge in [-0.25, -0.2) is 4.79 Å². The first-order valence-corrected chi connectivity index (χ1v) is 6.53. The fourth-order valence-corrected chi connectivity index (χ4v) is 1.64. The zero-order valence-electron chi connectivity index (χ0n) is 12.7. The largest absolute Gasteiger partial charge is 0.444 e. The maximum atomic E-state index is 11.7. The van der Waals surface area contributed by atoms with Gasteiger partial charge in [-0.1, -0.05) is 20.8 Å². The van der Waals surface area contributed by atoms with Crippen LogP contribution in [-0.4, -0.2) is 23.5 Å². The standard InChI is InChI=1S/C14H27NO3/c1-9(2)8-12(10(3)11(4)16)15-13(17)18-14(5,6)7/h9-10,12H,8H2,1-7H3,(H,15,17). The Kier molecular flexibility index (Phi) is 6.36. The highest BCUT2D eigenvalue weighted by Crippen LogP contribution is 2.15. The first kappa shape index (κ1) is 16.9. The minimum atomic E-state index is -0.522. The van der Waals surface area contributed by atoms with Gasteiger partial charge in [-0.05, 0) is 40.0 Å². The van der Waals surface area contributed by atoms with E-state index in [9.17, 15) is 9.59 Å². The van der Waals surface area contributed by atoms with Crippen LogP contribution in [0.3, 0.4) is 0 Å². The first-order chi connectivity index (χ1) is 8.03. The molecule has 0 aliphatic heterocycles. The second kappa shape index (κ2) is 6.76. The van der Waals surface area contributed by atoms with Crippen LogP contribution >= 0.6 is 0 Å². The van der Waals surface area contributed by atoms with Gasteiger partial charge in [-0.15, -0.1) is 0 Å². The van der Waals surface area contributed by atoms with E-state index in [-0.39, 0.29) is 17.7 Å². The van der Waals surface area contributed by atoms with Crippen LogP contribution < -0.4 is 5.32 Å². The molecule has 0 aromatic heterocycles. The highest BCUT2D eigenvalue weighted by atomic mass is 16.6. The summed E-state index contributed by atoms with van der Waals surface area (Å²) in [6.45, 7) is 13.0. The molecule has 2 unspecified atom stereocenters. The van der Waals surface area contributed by atoms with E-state index >= 15 is 0 Å². The summed E-state index contributed by atoms with van der Waals surface area (Å²) in [6, 6.07) is -0.169. The summed E-state index contributed by atoms with van der Waals surface area (Å²) >= 11 is 0. The van der Waals surface area contributed by atoms with Gasteiger partial charge in [0.25, 0.3) is 0 Å². The molecule has 0 saturated heterocycles. The number of ketones is 1. The third kappa shape index (κ3) is 7.30. The van der Waals surface area contributed by atoms with Crippen molar-refractivity contribution < 1.29 is 14.3 Å². The molecule has 4 nitrogen and oxygen atoms in total. The number of hydrogen-bond acceptors (Lipinski definition) is 3. The predicted molar refractivity (Wildman–Crippen MR) is 72.5 cm³/mol. The fraction of sp³-hybridized carbons (Fsp3) is 0.857. The maximum absolute atomic E-state index is 11.7. The zero-order chi connectivity index (χ0) is 14.5. The number of rotatable bonds is 5. The lowest BCUT2D eigenvalue weighted by molar-refractivity contribution is -0.121. The number of Topliss-reactive ketones (excluding diaryl/α,β-unsaturated/α-hetero) is 1. The maximum Gasteiger partial charge on any atom is 0.407 e. The molecule has 0 aliphatic carbocycles. The van der Waals surface area contributed by atoms with Crippen molar-refractivity contribution in [2.24, 2.45) is 11.8 Å². The fourth-order valence-electron chi connectivity index (χ4n) is 1.64. The monoisotopic (exact) mass is 257 g/mol. The SMILES string of the molecule is CC(=O)C(C)C(CC(C)C)NC(=O)OC(C)(C)C. The molecule has 18 heavy (non-hydrogen) atoms. The Morgan fingerprint density at radius 2 is 1.67 bits per heavy atom. The Bertz CT molecular complexity index is 292. The van der Waals surface area contributed by atoms with Crippen molar-refractivity contribution in [1.29, 1.82) is 0 Å². The van der Waals surface area contributed by atoms with Crippen molar-refractivity contribution in [1.82, 2.24) is 5.32 Å². The smallest absolute Gasteiger partial charge is 0.407 e. The van der Waals surface area contributed by atoms with Crippen molar-refractivity contribution in [3.05, 3.63) is 0 Å². The van der Waals surface area contributed by atoms with Gasteiger partial charge in [0.1, 0.15) is 11.4 Å². The Hall–Kier alpha value is -1.06. The molecule has 0 rings (SSSR count). The van der Waals surface area contributed by atoms with Crippen molar-refractivity contribution in [3.8, 4) is 0 Å². The minimum Gasteiger partial charge on any atom is -0.444 e. The summed E-state index contributed by atoms with van der Waals surface area (Å²) in [4.78, 5) is 23.2. The summed E-state index contributed by atoms with van der Waals surface area (Å²) in [5, 5.41) is 2.80. The first-order valence-electron chi connectivity index (χ1n) is 6.53. The molecule has 0 aliphatic rings. The molecule has 0 fully saturated rings. The average Bonchev–Trinajstić information content (AvgIpc) is 2.11. The van der Waals surface area contributed by atoms with Crippen LogP contribution in [0.15, 0.2) is 0 Å². The van der Waals surface area contributed by atoms with Gasteiger partial charge >= 0.3 is 6.09 Å². The molecule has 0 aromatic rings. The lowest BCUT2D eigenvalue weighted by Crippen LogP contribution is -2.44. The zero-order valence-corrected chi connectivity index (χ0v) is 12.7. The van der Waals surface area contributed by atoms with Crippen molar-refractivity contribution in [2.75, 3.05) is 0 Å². The second-order valence-electron chi connectivity index (χ2n) is 6.28. The summed E-state index contributed by atoms with van der Waals surface area (Å²) in [6.07, 6.45) is 0.307. The molecular weight excluding hydrogens is 230 g/mol. The Morgan fingerprint density at radius 3 is 2.00 bits per heavy atom. The molecule has 0 aromatic carbocycles. The average molecular weight is 257 g/mol. The van der Waals surface area contributed by atoms with E-state index < -0.39 is 11.7 Å². The number of amides is 1. The second-order valence-corrected chi connectivity index (χ2v) is 6.28. The molecule has 0 bridgehead atoms. The number of alkyl carbamates (subject to hydrolysis) is 1. The molecule has 0 spiro atoms. The lowest BCUT2D eigenvalue weighted by Gasteiger charge is -2.27. The van der Waals surface area contributed by atoms with Gasteiger partial charge in [0.05, 0.1) is 0 Å². The number of carbonyl (C=O) groups excluding carboxylic acids is 2. The molecule has 0 saturated carbocycles. The van der Waals surface area contributed by atoms with E-state index in [1.54, 1.807) is 6.92 Å². The van der Waals surface area contributed by atoms with E-state index in [1.807, 2.05) is 27.7 Å². The quantitative estimate of drug-likeness (QED) is 0.823. The lowest BCUT2D eigenvalue weighted by atomic mass is 9.91. The highest BCUT2D eigenvalue weighted by molar-refractivity contribution is 5.79. The molecule has 0 radical (unpaired) electrons. The van der Waals surface area contributed by atoms with Crippen molar-refractivity contribution in [3.63, 3.8) is 0 Å². The van der Waals surface area contributed by atoms with Gasteiger partial charge < -0.3 is 10.1 Å². The van der Waals surface area contributed by atoms with Gasteiger partial charge in [-0.2, -0.15) is 0 Å². The third-order valence-electron chi connectivity index (χ3n) is 2.67.